The van der Waals surface area contributed by atoms with Crippen LogP contribution in [0.25, 0.3) is 0 Å². The van der Waals surface area contributed by atoms with Crippen LogP contribution >= 0.6 is 0 Å². The Kier molecular flexibility index (Phi) is 85.1. The van der Waals surface area contributed by atoms with Crippen LogP contribution in [0.1, 0.15) is 27.7 Å². The summed E-state index contributed by atoms with van der Waals surface area (Å²) >= 11 is 0. The molecule has 0 atom stereocenters. The first kappa shape index (κ1) is 23.4. The summed E-state index contributed by atoms with van der Waals surface area (Å²) in [5, 5.41) is 0. The smallest absolute Gasteiger partial charge is 0 e. The minimum Gasteiger partial charge on any atom is -0.332 e. The Morgan fingerprint density at radius 1 is 1.43 bits per heavy atom. The van der Waals surface area contributed by atoms with E-state index in [9.17, 15) is 0 Å². The molecule has 0 aromatic heterocycles. The topological polar surface area (TPSA) is 0 Å². The zero-order valence-corrected chi connectivity index (χ0v) is 9.79. The molecule has 0 fully saturated rings. The third-order valence-corrected chi connectivity index (χ3v) is 0.408. The van der Waals surface area contributed by atoms with E-state index in [1.165, 1.54) is 6.42 Å². The summed E-state index contributed by atoms with van der Waals surface area (Å²) in [6, 6.07) is 0. The van der Waals surface area contributed by atoms with Crippen LogP contribution in [0.3, 0.4) is 0 Å². The normalized spacial score (nSPS) is 4.29. The van der Waals surface area contributed by atoms with E-state index in [1.807, 2.05) is 0 Å². The summed E-state index contributed by atoms with van der Waals surface area (Å²) in [5.74, 6) is 0. The van der Waals surface area contributed by atoms with E-state index in [0.29, 0.717) is 0 Å². The van der Waals surface area contributed by atoms with Gasteiger partial charge in [-0.1, -0.05) is 14.4 Å². The van der Waals surface area contributed by atoms with Crippen LogP contribution < -0.4 is 0 Å². The molecule has 7 heavy (non-hydrogen) atoms. The molecular weight excluding hydrogens is 349 g/mol. The maximum absolute atomic E-state index is 2.12. The van der Waals surface area contributed by atoms with Crippen molar-refractivity contribution in [3.63, 3.8) is 0 Å². The molecule has 0 aromatic carbocycles. The fourth-order valence-electron chi connectivity index (χ4n) is 0. The van der Waals surface area contributed by atoms with Gasteiger partial charge in [0.1, 0.15) is 0 Å². The van der Waals surface area contributed by atoms with E-state index in [-0.39, 0.29) is 57.1 Å². The molecule has 0 aliphatic carbocycles. The van der Waals surface area contributed by atoms with Crippen molar-refractivity contribution in [3.8, 4) is 0 Å². The largest absolute Gasteiger partial charge is 0.332 e. The standard InChI is InChI=1S/C4H9.CH4.U.V/c1-3-4-2;;;/h3H,4H2,1-2H3;1H4;;/q-1;;;. The fourth-order valence-corrected chi connectivity index (χ4v) is 0. The molecule has 0 rings (SSSR count). The molecule has 0 heterocycles. The summed E-state index contributed by atoms with van der Waals surface area (Å²) in [4.78, 5) is 0. The van der Waals surface area contributed by atoms with Crippen LogP contribution in [-0.4, -0.2) is 0 Å². The fraction of sp³-hybridized carbons (Fsp3) is 0.800. The molecule has 0 nitrogen and oxygen atoms in total. The second kappa shape index (κ2) is 25.4. The molecular formula is C5H13UV-. The molecule has 0 spiro atoms. The SMILES string of the molecule is C.C[CH-]CC.[U].[V]. The van der Waals surface area contributed by atoms with Gasteiger partial charge < -0.3 is 6.42 Å². The number of hydrogen-bond donors (Lipinski definition) is 0. The van der Waals surface area contributed by atoms with E-state index < -0.39 is 0 Å². The first-order chi connectivity index (χ1) is 1.91. The van der Waals surface area contributed by atoms with E-state index >= 15 is 0 Å². The van der Waals surface area contributed by atoms with Crippen LogP contribution in [-0.2, 0) is 18.6 Å². The second-order valence-electron chi connectivity index (χ2n) is 0.816. The second-order valence-corrected chi connectivity index (χ2v) is 0.816. The Labute approximate surface area is 83.1 Å². The zero-order valence-electron chi connectivity index (χ0n) is 4.23. The molecule has 0 N–H and O–H groups in total. The number of unbranched alkanes of at least 4 members (excludes halogenated alkanes) is 1. The molecule has 0 aliphatic rings. The summed E-state index contributed by atoms with van der Waals surface area (Å²) in [7, 11) is 0. The average molecular weight is 362 g/mol. The Hall–Kier alpha value is 1.64. The maximum atomic E-state index is 2.12. The van der Waals surface area contributed by atoms with Crippen LogP contribution in [0.2, 0.25) is 0 Å². The molecule has 0 saturated carbocycles. The molecule has 43 valence electrons. The van der Waals surface area contributed by atoms with Crippen molar-refractivity contribution < 1.29 is 49.7 Å². The van der Waals surface area contributed by atoms with E-state index in [0.717, 1.165) is 0 Å². The average Bonchev–Trinajstić information content (AvgIpc) is 1.37. The van der Waals surface area contributed by atoms with Gasteiger partial charge in [0.15, 0.2) is 0 Å². The van der Waals surface area contributed by atoms with Gasteiger partial charge in [-0.3, -0.25) is 0 Å². The summed E-state index contributed by atoms with van der Waals surface area (Å²) in [6.45, 7) is 4.18. The molecule has 0 bridgehead atoms. The predicted octanol–water partition coefficient (Wildman–Crippen LogP) is 2.25. The summed E-state index contributed by atoms with van der Waals surface area (Å²) in [5.41, 5.74) is 0. The van der Waals surface area contributed by atoms with Crippen LogP contribution in [0.15, 0.2) is 0 Å². The number of rotatable bonds is 1. The minimum absolute atomic E-state index is 0. The van der Waals surface area contributed by atoms with Gasteiger partial charge >= 0.3 is 0 Å². The minimum atomic E-state index is 0. The summed E-state index contributed by atoms with van der Waals surface area (Å²) in [6.07, 6.45) is 3.32. The van der Waals surface area contributed by atoms with E-state index in [4.69, 9.17) is 0 Å². The van der Waals surface area contributed by atoms with E-state index in [2.05, 4.69) is 20.3 Å². The van der Waals surface area contributed by atoms with Gasteiger partial charge in [0, 0.05) is 49.7 Å². The first-order valence-corrected chi connectivity index (χ1v) is 1.69. The first-order valence-electron chi connectivity index (χ1n) is 1.69. The third-order valence-electron chi connectivity index (χ3n) is 0.408. The van der Waals surface area contributed by atoms with Crippen molar-refractivity contribution in [3.05, 3.63) is 6.42 Å². The van der Waals surface area contributed by atoms with Crippen LogP contribution in [0.4, 0.5) is 0 Å². The van der Waals surface area contributed by atoms with Gasteiger partial charge in [-0.15, -0.1) is 0 Å². The Balaban J connectivity index is -0.0000000150. The van der Waals surface area contributed by atoms with Crippen molar-refractivity contribution in [2.75, 3.05) is 0 Å². The third kappa shape index (κ3) is 34.9. The Bertz CT molecular complexity index is 10.0. The molecule has 0 aliphatic heterocycles. The molecule has 1 radical (unpaired) electrons. The van der Waals surface area contributed by atoms with Gasteiger partial charge in [0.25, 0.3) is 0 Å². The number of hydrogen-bond acceptors (Lipinski definition) is 0. The van der Waals surface area contributed by atoms with Gasteiger partial charge in [0.2, 0.25) is 0 Å². The van der Waals surface area contributed by atoms with Gasteiger partial charge in [-0.2, -0.15) is 13.3 Å². The molecule has 0 aromatic rings. The van der Waals surface area contributed by atoms with Crippen molar-refractivity contribution in [2.45, 2.75) is 27.7 Å². The van der Waals surface area contributed by atoms with Crippen molar-refractivity contribution in [1.29, 1.82) is 0 Å². The van der Waals surface area contributed by atoms with Crippen LogP contribution in [0, 0.1) is 37.5 Å². The van der Waals surface area contributed by atoms with Crippen molar-refractivity contribution in [1.82, 2.24) is 0 Å². The van der Waals surface area contributed by atoms with Crippen molar-refractivity contribution >= 4 is 0 Å². The van der Waals surface area contributed by atoms with Gasteiger partial charge in [0.05, 0.1) is 0 Å². The Morgan fingerprint density at radius 2 is 1.57 bits per heavy atom. The summed E-state index contributed by atoms with van der Waals surface area (Å²) < 4.78 is 0. The van der Waals surface area contributed by atoms with Crippen molar-refractivity contribution in [2.24, 2.45) is 0 Å². The maximum Gasteiger partial charge on any atom is 0 e. The molecule has 2 heteroatoms. The quantitative estimate of drug-likeness (QED) is 0.628. The predicted molar refractivity (Wildman–Crippen MR) is 27.0 cm³/mol. The zero-order chi connectivity index (χ0) is 3.41. The Morgan fingerprint density at radius 3 is 1.57 bits per heavy atom. The monoisotopic (exact) mass is 362 g/mol. The molecule has 0 saturated heterocycles. The van der Waals surface area contributed by atoms with Gasteiger partial charge in [-0.05, 0) is 0 Å². The molecule has 0 unspecified atom stereocenters. The van der Waals surface area contributed by atoms with Crippen LogP contribution in [0.5, 0.6) is 0 Å². The van der Waals surface area contributed by atoms with Gasteiger partial charge in [-0.25, -0.2) is 0 Å². The molecule has 0 amide bonds. The van der Waals surface area contributed by atoms with E-state index in [1.54, 1.807) is 0 Å².